The van der Waals surface area contributed by atoms with Gasteiger partial charge in [0.1, 0.15) is 23.4 Å². The summed E-state index contributed by atoms with van der Waals surface area (Å²) in [5, 5.41) is 0. The molecule has 2 aliphatic heterocycles. The van der Waals surface area contributed by atoms with Gasteiger partial charge in [0.25, 0.3) is 0 Å². The second kappa shape index (κ2) is 16.5. The highest BCUT2D eigenvalue weighted by Crippen LogP contribution is 2.32. The van der Waals surface area contributed by atoms with Gasteiger partial charge in [-0.2, -0.15) is 0 Å². The molecule has 5 rings (SSSR count). The van der Waals surface area contributed by atoms with Crippen LogP contribution in [0.25, 0.3) is 0 Å². The first-order chi connectivity index (χ1) is 23.7. The van der Waals surface area contributed by atoms with Gasteiger partial charge >= 0.3 is 30.0 Å². The third-order valence-electron chi connectivity index (χ3n) is 7.58. The van der Waals surface area contributed by atoms with Crippen molar-refractivity contribution in [3.8, 4) is 17.2 Å². The summed E-state index contributed by atoms with van der Waals surface area (Å²) >= 11 is 0. The van der Waals surface area contributed by atoms with Gasteiger partial charge in [0.15, 0.2) is 6.10 Å². The molecule has 2 fully saturated rings. The third kappa shape index (κ3) is 9.52. The van der Waals surface area contributed by atoms with Crippen LogP contribution < -0.4 is 14.2 Å². The fraction of sp³-hybridized carbons (Fsp3) is 0.306. The fourth-order valence-corrected chi connectivity index (χ4v) is 4.99. The van der Waals surface area contributed by atoms with Gasteiger partial charge in [-0.25, -0.2) is 24.0 Å². The van der Waals surface area contributed by atoms with Crippen molar-refractivity contribution in [2.75, 3.05) is 26.4 Å². The number of fused-ring (bicyclic) bond motifs is 1. The molecule has 0 aliphatic carbocycles. The van der Waals surface area contributed by atoms with E-state index >= 15 is 0 Å². The molecule has 0 aromatic heterocycles. The highest BCUT2D eigenvalue weighted by atomic mass is 16.7. The Morgan fingerprint density at radius 3 is 1.65 bits per heavy atom. The maximum absolute atomic E-state index is 12.7. The van der Waals surface area contributed by atoms with Crippen LogP contribution in [0.4, 0.5) is 4.79 Å². The molecule has 13 nitrogen and oxygen atoms in total. The van der Waals surface area contributed by atoms with Crippen LogP contribution in [0.5, 0.6) is 17.2 Å². The number of esters is 4. The van der Waals surface area contributed by atoms with Crippen LogP contribution in [0.1, 0.15) is 50.8 Å². The summed E-state index contributed by atoms with van der Waals surface area (Å²) in [6, 6.07) is 17.4. The lowest BCUT2D eigenvalue weighted by Crippen LogP contribution is -2.32. The van der Waals surface area contributed by atoms with Gasteiger partial charge in [0, 0.05) is 12.0 Å². The number of hydrogen-bond donors (Lipinski definition) is 0. The zero-order valence-corrected chi connectivity index (χ0v) is 26.6. The van der Waals surface area contributed by atoms with Crippen molar-refractivity contribution < 1.29 is 61.9 Å². The molecule has 0 radical (unpaired) electrons. The van der Waals surface area contributed by atoms with Crippen LogP contribution in [0.2, 0.25) is 0 Å². The molecule has 49 heavy (non-hydrogen) atoms. The minimum atomic E-state index is -0.920. The Hall–Kier alpha value is -5.53. The van der Waals surface area contributed by atoms with Gasteiger partial charge in [-0.05, 0) is 85.6 Å². The smallest absolute Gasteiger partial charge is 0.463 e. The lowest BCUT2D eigenvalue weighted by atomic mass is 10.0. The van der Waals surface area contributed by atoms with Crippen LogP contribution in [0, 0.1) is 5.92 Å². The normalized spacial score (nSPS) is 19.2. The molecule has 2 saturated heterocycles. The number of benzene rings is 3. The van der Waals surface area contributed by atoms with Crippen LogP contribution in [0.3, 0.4) is 0 Å². The van der Waals surface area contributed by atoms with Crippen molar-refractivity contribution in [1.82, 2.24) is 0 Å². The standard InChI is InChI=1S/C36H34O13/c1-3-30(37)42-18-4-5-19-43-36(41)48-28-16-10-24(11-17-28)34(39)46-26-12-6-23(7-13-26)33(38)47-27-14-8-25(9-15-27)35(40)49-29-21-45-31-22(2)20-44-32(29)31/h3,6-17,22,29,31-32H,1,4-5,18-21H2,2H3/t22-,29+,31?,32?/m1/s1. The first kappa shape index (κ1) is 34.8. The van der Waals surface area contributed by atoms with Crippen molar-refractivity contribution in [3.63, 3.8) is 0 Å². The number of hydrogen-bond acceptors (Lipinski definition) is 13. The number of ether oxygens (including phenoxy) is 8. The lowest BCUT2D eigenvalue weighted by molar-refractivity contribution is -0.137. The van der Waals surface area contributed by atoms with E-state index < -0.39 is 36.1 Å². The van der Waals surface area contributed by atoms with E-state index in [2.05, 4.69) is 6.58 Å². The van der Waals surface area contributed by atoms with Gasteiger partial charge in [-0.3, -0.25) is 0 Å². The first-order valence-corrected chi connectivity index (χ1v) is 15.5. The second-order valence-corrected chi connectivity index (χ2v) is 11.1. The van der Waals surface area contributed by atoms with Crippen molar-refractivity contribution in [3.05, 3.63) is 102 Å². The minimum Gasteiger partial charge on any atom is -0.463 e. The molecule has 3 aromatic carbocycles. The topological polar surface area (TPSA) is 159 Å². The monoisotopic (exact) mass is 674 g/mol. The summed E-state index contributed by atoms with van der Waals surface area (Å²) < 4.78 is 42.7. The van der Waals surface area contributed by atoms with Crippen LogP contribution in [-0.4, -0.2) is 74.8 Å². The van der Waals surface area contributed by atoms with Gasteiger partial charge in [0.05, 0.1) is 49.2 Å². The molecule has 2 aliphatic rings. The highest BCUT2D eigenvalue weighted by molar-refractivity contribution is 5.93. The SMILES string of the molecule is C=CC(=O)OCCCCOC(=O)Oc1ccc(C(=O)Oc2ccc(C(=O)Oc3ccc(C(=O)O[C@H]4COC5C4OC[C@H]5C)cc3)cc2)cc1. The Morgan fingerprint density at radius 1 is 0.653 bits per heavy atom. The van der Waals surface area contributed by atoms with E-state index in [0.717, 1.165) is 6.08 Å². The maximum atomic E-state index is 12.7. The second-order valence-electron chi connectivity index (χ2n) is 11.1. The molecule has 0 N–H and O–H groups in total. The predicted octanol–water partition coefficient (Wildman–Crippen LogP) is 5.11. The van der Waals surface area contributed by atoms with Gasteiger partial charge < -0.3 is 37.9 Å². The van der Waals surface area contributed by atoms with Gasteiger partial charge in [-0.15, -0.1) is 0 Å². The zero-order valence-electron chi connectivity index (χ0n) is 26.6. The number of unbranched alkanes of at least 4 members (excludes halogenated alkanes) is 1. The van der Waals surface area contributed by atoms with Gasteiger partial charge in [0.2, 0.25) is 0 Å². The summed E-state index contributed by atoms with van der Waals surface area (Å²) in [6.07, 6.45) is 0.285. The average molecular weight is 675 g/mol. The number of rotatable bonds is 13. The molecule has 0 saturated carbocycles. The first-order valence-electron chi connectivity index (χ1n) is 15.5. The lowest BCUT2D eigenvalue weighted by Gasteiger charge is -2.16. The quantitative estimate of drug-likeness (QED) is 0.0589. The Kier molecular flexibility index (Phi) is 11.7. The molecular formula is C36H34O13. The molecule has 0 amide bonds. The Morgan fingerprint density at radius 2 is 1.12 bits per heavy atom. The Balaban J connectivity index is 1.03. The molecule has 0 spiro atoms. The Bertz CT molecular complexity index is 1650. The molecule has 4 atom stereocenters. The van der Waals surface area contributed by atoms with E-state index in [0.29, 0.717) is 25.0 Å². The summed E-state index contributed by atoms with van der Waals surface area (Å²) in [5.74, 6) is -1.57. The Labute approximate surface area is 281 Å². The number of carbonyl (C=O) groups excluding carboxylic acids is 5. The molecule has 2 heterocycles. The van der Waals surface area contributed by atoms with E-state index in [1.807, 2.05) is 6.92 Å². The predicted molar refractivity (Wildman–Crippen MR) is 169 cm³/mol. The van der Waals surface area contributed by atoms with Crippen molar-refractivity contribution >= 4 is 30.0 Å². The molecule has 0 bridgehead atoms. The van der Waals surface area contributed by atoms with Crippen molar-refractivity contribution in [2.45, 2.75) is 38.1 Å². The third-order valence-corrected chi connectivity index (χ3v) is 7.58. The summed E-state index contributed by atoms with van der Waals surface area (Å²) in [5.41, 5.74) is 0.682. The molecular weight excluding hydrogens is 640 g/mol. The average Bonchev–Trinajstić information content (AvgIpc) is 3.69. The van der Waals surface area contributed by atoms with Crippen molar-refractivity contribution in [1.29, 1.82) is 0 Å². The van der Waals surface area contributed by atoms with Gasteiger partial charge in [-0.1, -0.05) is 13.5 Å². The number of carbonyl (C=O) groups is 5. The summed E-state index contributed by atoms with van der Waals surface area (Å²) in [7, 11) is 0. The zero-order chi connectivity index (χ0) is 34.8. The van der Waals surface area contributed by atoms with Crippen LogP contribution in [-0.2, 0) is 28.5 Å². The van der Waals surface area contributed by atoms with Crippen molar-refractivity contribution in [2.24, 2.45) is 5.92 Å². The largest absolute Gasteiger partial charge is 0.513 e. The molecule has 256 valence electrons. The van der Waals surface area contributed by atoms with E-state index in [1.165, 1.54) is 72.8 Å². The van der Waals surface area contributed by atoms with Crippen LogP contribution >= 0.6 is 0 Å². The van der Waals surface area contributed by atoms with E-state index in [9.17, 15) is 24.0 Å². The molecule has 13 heteroatoms. The summed E-state index contributed by atoms with van der Waals surface area (Å²) in [4.78, 5) is 60.8. The highest BCUT2D eigenvalue weighted by Gasteiger charge is 2.47. The van der Waals surface area contributed by atoms with Crippen LogP contribution in [0.15, 0.2) is 85.5 Å². The minimum absolute atomic E-state index is 0.0739. The maximum Gasteiger partial charge on any atom is 0.513 e. The van der Waals surface area contributed by atoms with E-state index in [-0.39, 0.29) is 66.3 Å². The summed E-state index contributed by atoms with van der Waals surface area (Å²) in [6.45, 7) is 6.43. The fourth-order valence-electron chi connectivity index (χ4n) is 4.99. The van der Waals surface area contributed by atoms with E-state index in [1.54, 1.807) is 0 Å². The molecule has 2 unspecified atom stereocenters. The van der Waals surface area contributed by atoms with E-state index in [4.69, 9.17) is 37.9 Å². The molecule has 3 aromatic rings.